The van der Waals surface area contributed by atoms with Crippen LogP contribution in [0.3, 0.4) is 0 Å². The van der Waals surface area contributed by atoms with Gasteiger partial charge in [-0.25, -0.2) is 0 Å². The van der Waals surface area contributed by atoms with E-state index in [1.807, 2.05) is 6.08 Å². The average Bonchev–Trinajstić information content (AvgIpc) is 1.86. The molecule has 0 heterocycles. The lowest BCUT2D eigenvalue weighted by atomic mass is 9.93. The summed E-state index contributed by atoms with van der Waals surface area (Å²) in [6.07, 6.45) is 1.93. The van der Waals surface area contributed by atoms with E-state index in [2.05, 4.69) is 27.4 Å². The van der Waals surface area contributed by atoms with E-state index >= 15 is 0 Å². The number of rotatable bonds is 3. The largest absolute Gasteiger partial charge is 0.422 e. The van der Waals surface area contributed by atoms with Gasteiger partial charge in [0.1, 0.15) is 10.5 Å². The van der Waals surface area contributed by atoms with E-state index in [4.69, 9.17) is 4.43 Å². The van der Waals surface area contributed by atoms with Gasteiger partial charge >= 0.3 is 0 Å². The van der Waals surface area contributed by atoms with Crippen molar-refractivity contribution >= 4 is 10.5 Å². The van der Waals surface area contributed by atoms with Gasteiger partial charge in [0.05, 0.1) is 5.60 Å². The minimum atomic E-state index is -0.00598. The highest BCUT2D eigenvalue weighted by Gasteiger charge is 2.21. The van der Waals surface area contributed by atoms with Crippen LogP contribution in [0.2, 0.25) is 0 Å². The molecule has 1 unspecified atom stereocenters. The summed E-state index contributed by atoms with van der Waals surface area (Å²) in [7, 11) is 0.802. The van der Waals surface area contributed by atoms with E-state index < -0.39 is 0 Å². The molecule has 0 aromatic rings. The van der Waals surface area contributed by atoms with Gasteiger partial charge in [0, 0.05) is 5.92 Å². The lowest BCUT2D eigenvalue weighted by Crippen LogP contribution is -2.30. The molecule has 0 amide bonds. The highest BCUT2D eigenvalue weighted by atomic mass is 28.2. The highest BCUT2D eigenvalue weighted by Crippen LogP contribution is 2.19. The van der Waals surface area contributed by atoms with E-state index in [1.54, 1.807) is 0 Å². The highest BCUT2D eigenvalue weighted by molar-refractivity contribution is 5.98. The quantitative estimate of drug-likeness (QED) is 0.422. The molecule has 2 heteroatoms. The van der Waals surface area contributed by atoms with Crippen molar-refractivity contribution in [1.29, 1.82) is 0 Å². The Morgan fingerprint density at radius 3 is 2.22 bits per heavy atom. The van der Waals surface area contributed by atoms with Crippen molar-refractivity contribution in [3.05, 3.63) is 12.7 Å². The van der Waals surface area contributed by atoms with Crippen LogP contribution in [0, 0.1) is 5.92 Å². The Bertz CT molecular complexity index is 99.1. The van der Waals surface area contributed by atoms with Gasteiger partial charge in [-0.3, -0.25) is 0 Å². The molecule has 0 aromatic heterocycles. The molecule has 0 aliphatic carbocycles. The lowest BCUT2D eigenvalue weighted by molar-refractivity contribution is 0.0836. The van der Waals surface area contributed by atoms with E-state index in [0.717, 1.165) is 10.5 Å². The zero-order chi connectivity index (χ0) is 7.49. The second kappa shape index (κ2) is 3.18. The monoisotopic (exact) mass is 144 g/mol. The molecule has 1 atom stereocenters. The molecule has 0 saturated carbocycles. The summed E-state index contributed by atoms with van der Waals surface area (Å²) < 4.78 is 5.36. The Morgan fingerprint density at radius 2 is 2.11 bits per heavy atom. The maximum atomic E-state index is 5.36. The summed E-state index contributed by atoms with van der Waals surface area (Å²) in [5, 5.41) is 0. The van der Waals surface area contributed by atoms with Gasteiger partial charge in [-0.15, -0.1) is 6.58 Å². The van der Waals surface area contributed by atoms with Crippen molar-refractivity contribution in [3.63, 3.8) is 0 Å². The molecule has 0 saturated heterocycles. The Hall–Kier alpha value is -0.0831. The smallest absolute Gasteiger partial charge is 0.146 e. The van der Waals surface area contributed by atoms with Crippen molar-refractivity contribution in [3.8, 4) is 0 Å². The minimum Gasteiger partial charge on any atom is -0.422 e. The van der Waals surface area contributed by atoms with Crippen molar-refractivity contribution < 1.29 is 4.43 Å². The average molecular weight is 144 g/mol. The maximum absolute atomic E-state index is 5.36. The molecule has 0 radical (unpaired) electrons. The zero-order valence-corrected chi connectivity index (χ0v) is 8.77. The fraction of sp³-hybridized carbons (Fsp3) is 0.714. The van der Waals surface area contributed by atoms with E-state index in [-0.39, 0.29) is 5.60 Å². The normalized spacial score (nSPS) is 15.4. The maximum Gasteiger partial charge on any atom is 0.146 e. The first-order valence-corrected chi connectivity index (χ1v) is 4.04. The van der Waals surface area contributed by atoms with Gasteiger partial charge in [0.15, 0.2) is 0 Å². The first-order valence-electron chi connectivity index (χ1n) is 3.22. The number of hydrogen-bond donors (Lipinski definition) is 0. The van der Waals surface area contributed by atoms with Gasteiger partial charge in [0.25, 0.3) is 0 Å². The lowest BCUT2D eigenvalue weighted by Gasteiger charge is -2.28. The summed E-state index contributed by atoms with van der Waals surface area (Å²) in [5.74, 6) is 0.440. The molecular formula is C7H16OSi. The standard InChI is InChI=1S/C7H16OSi/c1-5-6(2)7(3,4)8-9/h5-6H,1H2,2-4,9H3. The third-order valence-corrected chi connectivity index (χ3v) is 3.03. The Balaban J connectivity index is 3.95. The predicted molar refractivity (Wildman–Crippen MR) is 44.5 cm³/mol. The zero-order valence-electron chi connectivity index (χ0n) is 6.77. The predicted octanol–water partition coefficient (Wildman–Crippen LogP) is 0.884. The Labute approximate surface area is 60.6 Å². The summed E-state index contributed by atoms with van der Waals surface area (Å²) in [5.41, 5.74) is -0.00598. The summed E-state index contributed by atoms with van der Waals surface area (Å²) >= 11 is 0. The summed E-state index contributed by atoms with van der Waals surface area (Å²) in [4.78, 5) is 0. The molecule has 0 aromatic carbocycles. The molecule has 0 spiro atoms. The van der Waals surface area contributed by atoms with Gasteiger partial charge in [0.2, 0.25) is 0 Å². The van der Waals surface area contributed by atoms with Crippen LogP contribution in [0.4, 0.5) is 0 Å². The van der Waals surface area contributed by atoms with E-state index in [0.29, 0.717) is 5.92 Å². The molecule has 0 rings (SSSR count). The molecule has 0 aliphatic heterocycles. The van der Waals surface area contributed by atoms with Gasteiger partial charge < -0.3 is 4.43 Å². The van der Waals surface area contributed by atoms with Crippen LogP contribution in [0.5, 0.6) is 0 Å². The van der Waals surface area contributed by atoms with E-state index in [9.17, 15) is 0 Å². The molecule has 54 valence electrons. The van der Waals surface area contributed by atoms with Crippen molar-refractivity contribution in [2.45, 2.75) is 26.4 Å². The third kappa shape index (κ3) is 2.33. The second-order valence-corrected chi connectivity index (χ2v) is 3.24. The summed E-state index contributed by atoms with van der Waals surface area (Å²) in [6, 6.07) is 0. The molecule has 0 N–H and O–H groups in total. The fourth-order valence-electron chi connectivity index (χ4n) is 0.470. The van der Waals surface area contributed by atoms with Crippen molar-refractivity contribution in [2.75, 3.05) is 0 Å². The molecule has 0 aliphatic rings. The van der Waals surface area contributed by atoms with Crippen LogP contribution in [0.15, 0.2) is 12.7 Å². The number of hydrogen-bond acceptors (Lipinski definition) is 1. The van der Waals surface area contributed by atoms with Crippen molar-refractivity contribution in [1.82, 2.24) is 0 Å². The Kier molecular flexibility index (Phi) is 3.15. The SMILES string of the molecule is C=CC(C)C(C)(C)O[SiH3]. The van der Waals surface area contributed by atoms with Crippen LogP contribution >= 0.6 is 0 Å². The van der Waals surface area contributed by atoms with Crippen LogP contribution in [-0.4, -0.2) is 16.1 Å². The van der Waals surface area contributed by atoms with Crippen LogP contribution in [0.1, 0.15) is 20.8 Å². The van der Waals surface area contributed by atoms with Gasteiger partial charge in [-0.05, 0) is 13.8 Å². The molecule has 1 nitrogen and oxygen atoms in total. The van der Waals surface area contributed by atoms with Crippen LogP contribution < -0.4 is 0 Å². The van der Waals surface area contributed by atoms with Crippen molar-refractivity contribution in [2.24, 2.45) is 5.92 Å². The van der Waals surface area contributed by atoms with Gasteiger partial charge in [-0.2, -0.15) is 0 Å². The molecule has 0 fully saturated rings. The van der Waals surface area contributed by atoms with E-state index in [1.165, 1.54) is 0 Å². The third-order valence-electron chi connectivity index (χ3n) is 1.98. The fourth-order valence-corrected chi connectivity index (χ4v) is 0.841. The molecule has 0 bridgehead atoms. The molecular weight excluding hydrogens is 128 g/mol. The first-order chi connectivity index (χ1) is 4.04. The Morgan fingerprint density at radius 1 is 1.67 bits per heavy atom. The summed E-state index contributed by atoms with van der Waals surface area (Å²) in [6.45, 7) is 10.0. The van der Waals surface area contributed by atoms with Gasteiger partial charge in [-0.1, -0.05) is 13.0 Å². The molecule has 9 heavy (non-hydrogen) atoms. The topological polar surface area (TPSA) is 9.23 Å². The van der Waals surface area contributed by atoms with Crippen LogP contribution in [-0.2, 0) is 4.43 Å². The second-order valence-electron chi connectivity index (χ2n) is 2.83. The van der Waals surface area contributed by atoms with Crippen LogP contribution in [0.25, 0.3) is 0 Å². The first kappa shape index (κ1) is 8.92. The minimum absolute atomic E-state index is 0.00598.